The Balaban J connectivity index is 1.08. The lowest BCUT2D eigenvalue weighted by Crippen LogP contribution is -2.68. The van der Waals surface area contributed by atoms with Gasteiger partial charge in [-0.25, -0.2) is 0 Å². The molecule has 21 rings (SSSR count). The summed E-state index contributed by atoms with van der Waals surface area (Å²) in [5, 5.41) is 230. The van der Waals surface area contributed by atoms with Crippen molar-refractivity contribution in [1.82, 2.24) is 10.6 Å². The Bertz CT molecular complexity index is 1970. The van der Waals surface area contributed by atoms with E-state index in [0.717, 1.165) is 6.42 Å². The van der Waals surface area contributed by atoms with Gasteiger partial charge in [-0.3, -0.25) is 0 Å². The maximum Gasteiger partial charge on any atom is 0.187 e. The first-order valence-corrected chi connectivity index (χ1v) is 28.1. The van der Waals surface area contributed by atoms with Crippen LogP contribution in [0.2, 0.25) is 0 Å². The molecule has 0 unspecified atom stereocenters. The summed E-state index contributed by atoms with van der Waals surface area (Å²) < 4.78 is 81.3. The summed E-state index contributed by atoms with van der Waals surface area (Å²) >= 11 is 0. The van der Waals surface area contributed by atoms with Crippen molar-refractivity contribution in [3.05, 3.63) is 0 Å². The van der Waals surface area contributed by atoms with Crippen molar-refractivity contribution in [2.24, 2.45) is 5.73 Å². The molecule has 21 fully saturated rings. The monoisotopic (exact) mass is 1250 g/mol. The zero-order valence-corrected chi connectivity index (χ0v) is 45.6. The van der Waals surface area contributed by atoms with Gasteiger partial charge in [0, 0.05) is 6.54 Å². The van der Waals surface area contributed by atoms with Gasteiger partial charge in [0.1, 0.15) is 171 Å². The molecule has 0 spiro atoms. The van der Waals surface area contributed by atoms with E-state index in [9.17, 15) is 102 Å². The molecule has 35 atom stereocenters. The van der Waals surface area contributed by atoms with Crippen molar-refractivity contribution in [3.63, 3.8) is 0 Å². The van der Waals surface area contributed by atoms with Gasteiger partial charge in [-0.2, -0.15) is 0 Å². The van der Waals surface area contributed by atoms with Crippen molar-refractivity contribution >= 4 is 0 Å². The normalized spacial score (nSPS) is 51.3. The van der Waals surface area contributed by atoms with Gasteiger partial charge in [0.25, 0.3) is 0 Å². The molecule has 0 radical (unpaired) electrons. The Morgan fingerprint density at radius 2 is 0.424 bits per heavy atom. The van der Waals surface area contributed by atoms with Crippen LogP contribution >= 0.6 is 0 Å². The van der Waals surface area contributed by atoms with Gasteiger partial charge in [-0.1, -0.05) is 0 Å². The number of rotatable bonds is 15. The van der Waals surface area contributed by atoms with Crippen LogP contribution in [0.15, 0.2) is 0 Å². The Morgan fingerprint density at radius 3 is 0.635 bits per heavy atom. The van der Waals surface area contributed by atoms with Crippen LogP contribution in [-0.2, 0) is 66.3 Å². The fourth-order valence-corrected chi connectivity index (χ4v) is 11.4. The molecule has 21 aliphatic heterocycles. The molecule has 24 N–H and O–H groups in total. The summed E-state index contributed by atoms with van der Waals surface area (Å²) in [7, 11) is 0. The quantitative estimate of drug-likeness (QED) is 0.0677. The minimum Gasteiger partial charge on any atom is -0.394 e. The van der Waals surface area contributed by atoms with Gasteiger partial charge in [-0.05, 0) is 39.0 Å². The van der Waals surface area contributed by atoms with E-state index in [1.165, 1.54) is 0 Å². The first kappa shape index (κ1) is 69.4. The second kappa shape index (κ2) is 31.2. The first-order valence-electron chi connectivity index (χ1n) is 28.1. The number of nitrogens with one attached hydrogen (secondary N) is 2. The van der Waals surface area contributed by atoms with Crippen LogP contribution in [0.5, 0.6) is 0 Å². The van der Waals surface area contributed by atoms with Crippen LogP contribution in [0.3, 0.4) is 0 Å². The van der Waals surface area contributed by atoms with Gasteiger partial charge in [0.15, 0.2) is 44.0 Å². The summed E-state index contributed by atoms with van der Waals surface area (Å²) in [5.74, 6) is 0. The third-order valence-corrected chi connectivity index (χ3v) is 16.2. The Labute approximate surface area is 484 Å². The number of aliphatic hydroxyl groups is 20. The van der Waals surface area contributed by atoms with Crippen LogP contribution in [0, 0.1) is 0 Å². The Hall–Kier alpha value is -1.48. The Morgan fingerprint density at radius 1 is 0.235 bits per heavy atom. The molecule has 21 aliphatic rings. The summed E-state index contributed by atoms with van der Waals surface area (Å²) in [6.45, 7) is -4.47. The predicted octanol–water partition coefficient (Wildman–Crippen LogP) is -15.3. The maximum absolute atomic E-state index is 11.8. The Kier molecular flexibility index (Phi) is 25.5. The average molecular weight is 1250 g/mol. The molecule has 14 bridgehead atoms. The highest BCUT2D eigenvalue weighted by Gasteiger charge is 2.59. The molecule has 0 aliphatic carbocycles. The molecule has 37 heteroatoms. The molecule has 0 aromatic rings. The van der Waals surface area contributed by atoms with Crippen molar-refractivity contribution < 1.29 is 168 Å². The lowest BCUT2D eigenvalue weighted by Gasteiger charge is -2.50. The number of hydrogen-bond acceptors (Lipinski definition) is 37. The molecule has 0 amide bonds. The lowest BCUT2D eigenvalue weighted by atomic mass is 9.95. The summed E-state index contributed by atoms with van der Waals surface area (Å²) in [4.78, 5) is 0. The zero-order chi connectivity index (χ0) is 61.7. The third-order valence-electron chi connectivity index (χ3n) is 16.2. The van der Waals surface area contributed by atoms with Crippen LogP contribution in [-0.4, -0.2) is 389 Å². The maximum atomic E-state index is 11.8. The second-order valence-electron chi connectivity index (χ2n) is 21.9. The van der Waals surface area contributed by atoms with Crippen LogP contribution < -0.4 is 16.4 Å². The molecular formula is C48H85N3O34. The van der Waals surface area contributed by atoms with Gasteiger partial charge in [0.05, 0.1) is 39.6 Å². The van der Waals surface area contributed by atoms with Gasteiger partial charge in [-0.15, -0.1) is 0 Å². The van der Waals surface area contributed by atoms with Crippen LogP contribution in [0.4, 0.5) is 0 Å². The van der Waals surface area contributed by atoms with Gasteiger partial charge < -0.3 is 185 Å². The first-order chi connectivity index (χ1) is 40.7. The minimum atomic E-state index is -2.21. The summed E-state index contributed by atoms with van der Waals surface area (Å²) in [6.07, 6.45) is -67.9. The van der Waals surface area contributed by atoms with E-state index in [1.54, 1.807) is 0 Å². The van der Waals surface area contributed by atoms with E-state index in [4.69, 9.17) is 72.0 Å². The van der Waals surface area contributed by atoms with E-state index in [1.807, 2.05) is 0 Å². The second-order valence-corrected chi connectivity index (χ2v) is 21.9. The predicted molar refractivity (Wildman–Crippen MR) is 265 cm³/mol. The van der Waals surface area contributed by atoms with Crippen LogP contribution in [0.1, 0.15) is 12.8 Å². The highest BCUT2D eigenvalue weighted by molar-refractivity contribution is 5.02. The van der Waals surface area contributed by atoms with Gasteiger partial charge in [0.2, 0.25) is 0 Å². The summed E-state index contributed by atoms with van der Waals surface area (Å²) in [5.41, 5.74) is 5.57. The molecule has 21 saturated heterocycles. The molecule has 496 valence electrons. The van der Waals surface area contributed by atoms with E-state index in [2.05, 4.69) is 10.6 Å². The zero-order valence-electron chi connectivity index (χ0n) is 45.6. The average Bonchev–Trinajstić information content (AvgIpc) is 2.48. The molecule has 85 heavy (non-hydrogen) atoms. The van der Waals surface area contributed by atoms with Crippen molar-refractivity contribution in [1.29, 1.82) is 0 Å². The molecule has 0 aromatic heterocycles. The number of ether oxygens (including phenoxy) is 14. The minimum absolute atomic E-state index is 0.225. The standard InChI is InChI=1S/C48H85N3O34/c49-3-1-4-50-5-2-6-51-7-14-35-21(58)28(65)42(72-14)80-36-15(8-52)74-44(30(67)23(36)60)82-38-17(10-54)76-46(32(69)25(38)62)84-40-19(12-56)78-48(34(71)27(40)64)85-41-20(13-57)77-47(33(70)26(41)63)83-39-18(11-55)75-45(31(68)24(39)61)81-37-16(9-53)73-43(79-35)29(66)22(37)59/h14-48,50-71H,1-13,49H2/t14-,15-,16-,17-,18-,19-,20-,21-,22-,23-,24-,25-,26-,27-,28-,29-,30-,31-,32-,33-,34-,35-,36-,37-,38-,39-,40-,41-,42-,43-,44-,45-,46-,47-,48-/m1/s1. The lowest BCUT2D eigenvalue weighted by molar-refractivity contribution is -0.396. The van der Waals surface area contributed by atoms with E-state index >= 15 is 0 Å². The molecule has 37 nitrogen and oxygen atoms in total. The fraction of sp³-hybridized carbons (Fsp3) is 1.00. The van der Waals surface area contributed by atoms with Crippen molar-refractivity contribution in [2.45, 2.75) is 228 Å². The SMILES string of the molecule is NCCCNCCCNC[C@H]1O[C@@H]2O[C@H]3[C@H](O)[C@@H](O)[C@@H](O[C@H]4[C@H](O)[C@@H](O)[C@@H](O[C@H]5[C@H](O)[C@@H](O)[C@@H](O[C@H]6[C@H](O)[C@@H](O)[C@@H](O[C@H]7[C@H](O)[C@@H](O)[C@@H](O[C@H]8[C@H](O)[C@@H](O)[C@@H](O[C@H]1[C@H](O)[C@H]2O)O[C@@H]8CO)O[C@@H]7CO)O[C@@H]6CO)O[C@@H]5CO)O[C@@H]4CO)O[C@@H]3CO. The van der Waals surface area contributed by atoms with E-state index < -0.39 is 255 Å². The van der Waals surface area contributed by atoms with E-state index in [-0.39, 0.29) is 6.54 Å². The number of hydrogen-bond donors (Lipinski definition) is 23. The van der Waals surface area contributed by atoms with Crippen molar-refractivity contribution in [2.75, 3.05) is 72.4 Å². The molecular weight excluding hydrogens is 1160 g/mol. The highest BCUT2D eigenvalue weighted by Crippen LogP contribution is 2.39. The summed E-state index contributed by atoms with van der Waals surface area (Å²) in [6, 6.07) is 0. The van der Waals surface area contributed by atoms with E-state index in [0.29, 0.717) is 32.6 Å². The molecule has 0 aromatic carbocycles. The molecule has 0 saturated carbocycles. The van der Waals surface area contributed by atoms with Gasteiger partial charge >= 0.3 is 0 Å². The largest absolute Gasteiger partial charge is 0.394 e. The highest BCUT2D eigenvalue weighted by atomic mass is 16.8. The third kappa shape index (κ3) is 15.1. The smallest absolute Gasteiger partial charge is 0.187 e. The van der Waals surface area contributed by atoms with Crippen LogP contribution in [0.25, 0.3) is 0 Å². The number of nitrogens with two attached hydrogens (primary N) is 1. The fourth-order valence-electron chi connectivity index (χ4n) is 11.4. The van der Waals surface area contributed by atoms with Crippen molar-refractivity contribution in [3.8, 4) is 0 Å². The number of aliphatic hydroxyl groups excluding tert-OH is 20. The molecule has 21 heterocycles. The topological polar surface area (TPSA) is 584 Å².